The molecule has 152 valence electrons. The van der Waals surface area contributed by atoms with Gasteiger partial charge in [-0.15, -0.1) is 0 Å². The van der Waals surface area contributed by atoms with E-state index in [2.05, 4.69) is 5.32 Å². The number of hydrogen-bond acceptors (Lipinski definition) is 6. The zero-order valence-corrected chi connectivity index (χ0v) is 16.7. The SMILES string of the molecule is Nc1cc(S(=O)(=O)O)c2cc(NC(=O)c3ccc(Cl)cc3)cc(S(=O)(=O)O)c2c1. The fourth-order valence-electron chi connectivity index (χ4n) is 2.72. The Morgan fingerprint density at radius 2 is 1.38 bits per heavy atom. The number of hydrogen-bond donors (Lipinski definition) is 4. The molecule has 0 aliphatic carbocycles. The molecule has 0 saturated carbocycles. The molecule has 0 radical (unpaired) electrons. The smallest absolute Gasteiger partial charge is 0.295 e. The summed E-state index contributed by atoms with van der Waals surface area (Å²) in [6.07, 6.45) is 0. The second-order valence-corrected chi connectivity index (χ2v) is 9.22. The summed E-state index contributed by atoms with van der Waals surface area (Å²) in [5, 5.41) is 2.30. The topological polar surface area (TPSA) is 164 Å². The highest BCUT2D eigenvalue weighted by Gasteiger charge is 2.23. The summed E-state index contributed by atoms with van der Waals surface area (Å²) in [4.78, 5) is 11.0. The van der Waals surface area contributed by atoms with Crippen LogP contribution in [0.5, 0.6) is 0 Å². The lowest BCUT2D eigenvalue weighted by Crippen LogP contribution is -2.13. The zero-order valence-electron chi connectivity index (χ0n) is 14.3. The van der Waals surface area contributed by atoms with E-state index in [1.165, 1.54) is 24.3 Å². The molecule has 3 aromatic rings. The Morgan fingerprint density at radius 3 is 1.93 bits per heavy atom. The minimum Gasteiger partial charge on any atom is -0.399 e. The molecule has 0 unspecified atom stereocenters. The number of rotatable bonds is 4. The molecule has 0 bridgehead atoms. The zero-order chi connectivity index (χ0) is 21.6. The van der Waals surface area contributed by atoms with Crippen LogP contribution in [0.15, 0.2) is 58.3 Å². The lowest BCUT2D eigenvalue weighted by molar-refractivity contribution is 0.102. The van der Waals surface area contributed by atoms with Crippen LogP contribution in [0.3, 0.4) is 0 Å². The number of carbonyl (C=O) groups is 1. The summed E-state index contributed by atoms with van der Waals surface area (Å²) in [5.74, 6) is -0.647. The molecule has 5 N–H and O–H groups in total. The highest BCUT2D eigenvalue weighted by atomic mass is 35.5. The van der Waals surface area contributed by atoms with Crippen molar-refractivity contribution in [1.82, 2.24) is 0 Å². The minimum absolute atomic E-state index is 0.139. The fraction of sp³-hybridized carbons (Fsp3) is 0. The number of amides is 1. The van der Waals surface area contributed by atoms with E-state index in [1.807, 2.05) is 0 Å². The first-order valence-electron chi connectivity index (χ1n) is 7.75. The summed E-state index contributed by atoms with van der Waals surface area (Å²) in [6.45, 7) is 0. The van der Waals surface area contributed by atoms with Gasteiger partial charge < -0.3 is 11.1 Å². The number of carbonyl (C=O) groups excluding carboxylic acids is 1. The van der Waals surface area contributed by atoms with Crippen molar-refractivity contribution in [1.29, 1.82) is 0 Å². The molecular formula is C17H13ClN2O7S2. The third-order valence-corrected chi connectivity index (χ3v) is 5.98. The molecular weight excluding hydrogens is 444 g/mol. The van der Waals surface area contributed by atoms with Gasteiger partial charge in [0.2, 0.25) is 0 Å². The Morgan fingerprint density at radius 1 is 0.862 bits per heavy atom. The summed E-state index contributed by atoms with van der Waals surface area (Å²) < 4.78 is 66.2. The van der Waals surface area contributed by atoms with E-state index in [9.17, 15) is 30.7 Å². The second-order valence-electron chi connectivity index (χ2n) is 6.00. The van der Waals surface area contributed by atoms with E-state index in [0.29, 0.717) is 5.02 Å². The maximum Gasteiger partial charge on any atom is 0.295 e. The second kappa shape index (κ2) is 7.28. The third-order valence-electron chi connectivity index (χ3n) is 3.94. The van der Waals surface area contributed by atoms with E-state index < -0.39 is 35.9 Å². The number of nitrogens with one attached hydrogen (secondary N) is 1. The Kier molecular flexibility index (Phi) is 5.28. The fourth-order valence-corrected chi connectivity index (χ4v) is 4.30. The molecule has 0 spiro atoms. The van der Waals surface area contributed by atoms with E-state index in [0.717, 1.165) is 24.3 Å². The van der Waals surface area contributed by atoms with Gasteiger partial charge in [0, 0.05) is 32.7 Å². The van der Waals surface area contributed by atoms with E-state index in [-0.39, 0.29) is 27.7 Å². The van der Waals surface area contributed by atoms with Crippen molar-refractivity contribution in [3.05, 3.63) is 59.1 Å². The van der Waals surface area contributed by atoms with E-state index >= 15 is 0 Å². The number of fused-ring (bicyclic) bond motifs is 1. The van der Waals surface area contributed by atoms with Gasteiger partial charge in [-0.2, -0.15) is 16.8 Å². The van der Waals surface area contributed by atoms with Gasteiger partial charge in [-0.25, -0.2) is 0 Å². The molecule has 12 heteroatoms. The highest BCUT2D eigenvalue weighted by molar-refractivity contribution is 7.86. The third kappa shape index (κ3) is 4.49. The molecule has 0 aliphatic heterocycles. The first-order chi connectivity index (χ1) is 13.4. The van der Waals surface area contributed by atoms with Crippen molar-refractivity contribution in [2.75, 3.05) is 11.1 Å². The lowest BCUT2D eigenvalue weighted by Gasteiger charge is -2.13. The molecule has 0 saturated heterocycles. The van der Waals surface area contributed by atoms with Crippen LogP contribution in [0.2, 0.25) is 5.02 Å². The van der Waals surface area contributed by atoms with Crippen LogP contribution in [0.1, 0.15) is 10.4 Å². The number of benzene rings is 3. The van der Waals surface area contributed by atoms with Gasteiger partial charge >= 0.3 is 0 Å². The van der Waals surface area contributed by atoms with Gasteiger partial charge in [0.05, 0.1) is 0 Å². The molecule has 3 aromatic carbocycles. The Labute approximate surface area is 170 Å². The minimum atomic E-state index is -4.84. The lowest BCUT2D eigenvalue weighted by atomic mass is 10.1. The quantitative estimate of drug-likeness (QED) is 0.343. The summed E-state index contributed by atoms with van der Waals surface area (Å²) >= 11 is 5.77. The standard InChI is InChI=1S/C17H13ClN2O7S2/c18-10-3-1-9(2-4-10)17(21)20-12-7-14-13(16(8-12)29(25,26)27)5-11(19)6-15(14)28(22,23)24/h1-8H,19H2,(H,20,21)(H,22,23,24)(H,25,26,27). The first kappa shape index (κ1) is 21.0. The van der Waals surface area contributed by atoms with Crippen molar-refractivity contribution in [3.63, 3.8) is 0 Å². The van der Waals surface area contributed by atoms with Gasteiger partial charge in [-0.3, -0.25) is 13.9 Å². The van der Waals surface area contributed by atoms with Crippen molar-refractivity contribution in [3.8, 4) is 0 Å². The molecule has 0 aliphatic rings. The normalized spacial score (nSPS) is 12.1. The Balaban J connectivity index is 2.25. The van der Waals surface area contributed by atoms with E-state index in [4.69, 9.17) is 17.3 Å². The maximum atomic E-state index is 12.4. The van der Waals surface area contributed by atoms with Crippen LogP contribution in [0, 0.1) is 0 Å². The monoisotopic (exact) mass is 456 g/mol. The van der Waals surface area contributed by atoms with Crippen LogP contribution in [-0.2, 0) is 20.2 Å². The molecule has 9 nitrogen and oxygen atoms in total. The van der Waals surface area contributed by atoms with Gasteiger partial charge in [0.1, 0.15) is 9.79 Å². The van der Waals surface area contributed by atoms with Crippen LogP contribution in [-0.4, -0.2) is 31.8 Å². The van der Waals surface area contributed by atoms with Crippen molar-refractivity contribution < 1.29 is 30.7 Å². The van der Waals surface area contributed by atoms with Gasteiger partial charge in [-0.05, 0) is 48.5 Å². The van der Waals surface area contributed by atoms with Crippen LogP contribution in [0.4, 0.5) is 11.4 Å². The van der Waals surface area contributed by atoms with Crippen molar-refractivity contribution in [2.24, 2.45) is 0 Å². The predicted molar refractivity (Wildman–Crippen MR) is 107 cm³/mol. The van der Waals surface area contributed by atoms with Crippen LogP contribution in [0.25, 0.3) is 10.8 Å². The van der Waals surface area contributed by atoms with Crippen molar-refractivity contribution >= 4 is 59.9 Å². The molecule has 1 amide bonds. The van der Waals surface area contributed by atoms with Gasteiger partial charge in [0.25, 0.3) is 26.1 Å². The average molecular weight is 457 g/mol. The Hall–Kier alpha value is -2.70. The van der Waals surface area contributed by atoms with Crippen LogP contribution < -0.4 is 11.1 Å². The predicted octanol–water partition coefficient (Wildman–Crippen LogP) is 2.82. The molecule has 0 atom stereocenters. The molecule has 29 heavy (non-hydrogen) atoms. The molecule has 0 heterocycles. The van der Waals surface area contributed by atoms with Crippen LogP contribution >= 0.6 is 11.6 Å². The van der Waals surface area contributed by atoms with Gasteiger partial charge in [-0.1, -0.05) is 11.6 Å². The average Bonchev–Trinajstić information content (AvgIpc) is 2.59. The Bertz CT molecular complexity index is 1350. The maximum absolute atomic E-state index is 12.4. The molecule has 3 rings (SSSR count). The highest BCUT2D eigenvalue weighted by Crippen LogP contribution is 2.34. The largest absolute Gasteiger partial charge is 0.399 e. The number of nitrogens with two attached hydrogens (primary N) is 1. The molecule has 0 fully saturated rings. The summed E-state index contributed by atoms with van der Waals surface area (Å²) in [5.41, 5.74) is 5.50. The van der Waals surface area contributed by atoms with Gasteiger partial charge in [0.15, 0.2) is 0 Å². The van der Waals surface area contributed by atoms with Crippen molar-refractivity contribution in [2.45, 2.75) is 9.79 Å². The summed E-state index contributed by atoms with van der Waals surface area (Å²) in [7, 11) is -9.64. The first-order valence-corrected chi connectivity index (χ1v) is 11.0. The number of anilines is 2. The number of halogens is 1. The molecule has 0 aromatic heterocycles. The number of nitrogen functional groups attached to an aromatic ring is 1. The summed E-state index contributed by atoms with van der Waals surface area (Å²) in [6, 6.07) is 9.92. The van der Waals surface area contributed by atoms with E-state index in [1.54, 1.807) is 0 Å².